The molecule has 0 unspecified atom stereocenters. The number of halogens is 2. The molecule has 198 valence electrons. The van der Waals surface area contributed by atoms with Gasteiger partial charge in [0.05, 0.1) is 17.2 Å². The number of likely N-dealkylation sites (tertiary alicyclic amines) is 1. The van der Waals surface area contributed by atoms with Crippen LogP contribution in [0.2, 0.25) is 0 Å². The standard InChI is InChI=1S/C27H27F2N5O4/c1-26(2,3)12-21(32-23(36)22(35)31-20-9-8-15(28)10-18(20)29)24(37)34-14-27(11-16(34)13-30)17-6-4-5-7-19(17)33-25(27)38/h4-10,16,21H,11-12,14H2,1-3H3,(H,31,35)(H,32,36)(H,33,38)/t16-,21-,27-/m0/s1. The first-order valence-electron chi connectivity index (χ1n) is 12.0. The number of benzene rings is 2. The highest BCUT2D eigenvalue weighted by atomic mass is 19.1. The number of carbonyl (C=O) groups is 4. The number of para-hydroxylation sites is 1. The molecule has 11 heteroatoms. The van der Waals surface area contributed by atoms with Crippen LogP contribution in [0.15, 0.2) is 42.5 Å². The van der Waals surface area contributed by atoms with Crippen molar-refractivity contribution in [3.63, 3.8) is 0 Å². The van der Waals surface area contributed by atoms with Crippen molar-refractivity contribution in [1.29, 1.82) is 5.26 Å². The first-order chi connectivity index (χ1) is 17.8. The van der Waals surface area contributed by atoms with Crippen LogP contribution in [-0.2, 0) is 24.6 Å². The second kappa shape index (κ2) is 9.85. The molecule has 1 fully saturated rings. The molecular formula is C27H27F2N5O4. The van der Waals surface area contributed by atoms with Crippen LogP contribution < -0.4 is 16.0 Å². The topological polar surface area (TPSA) is 131 Å². The van der Waals surface area contributed by atoms with E-state index in [1.807, 2.05) is 20.8 Å². The number of nitriles is 1. The first kappa shape index (κ1) is 26.7. The Bertz CT molecular complexity index is 1370. The van der Waals surface area contributed by atoms with Gasteiger partial charge in [0, 0.05) is 24.7 Å². The minimum absolute atomic E-state index is 0.0730. The van der Waals surface area contributed by atoms with Gasteiger partial charge in [-0.1, -0.05) is 39.0 Å². The van der Waals surface area contributed by atoms with Gasteiger partial charge in [-0.3, -0.25) is 19.2 Å². The molecule has 2 aliphatic rings. The third-order valence-corrected chi connectivity index (χ3v) is 6.72. The summed E-state index contributed by atoms with van der Waals surface area (Å²) in [6.45, 7) is 5.43. The zero-order valence-electron chi connectivity index (χ0n) is 21.1. The molecule has 3 N–H and O–H groups in total. The van der Waals surface area contributed by atoms with E-state index in [-0.39, 0.29) is 25.3 Å². The van der Waals surface area contributed by atoms with Crippen LogP contribution >= 0.6 is 0 Å². The maximum absolute atomic E-state index is 13.9. The van der Waals surface area contributed by atoms with Crippen LogP contribution in [0.4, 0.5) is 20.2 Å². The third-order valence-electron chi connectivity index (χ3n) is 6.72. The van der Waals surface area contributed by atoms with Crippen molar-refractivity contribution < 1.29 is 28.0 Å². The molecule has 1 saturated heterocycles. The van der Waals surface area contributed by atoms with Crippen LogP contribution in [0.3, 0.4) is 0 Å². The summed E-state index contributed by atoms with van der Waals surface area (Å²) in [5, 5.41) is 17.2. The molecule has 0 saturated carbocycles. The molecule has 38 heavy (non-hydrogen) atoms. The molecule has 9 nitrogen and oxygen atoms in total. The van der Waals surface area contributed by atoms with Gasteiger partial charge in [0.2, 0.25) is 11.8 Å². The van der Waals surface area contributed by atoms with E-state index in [4.69, 9.17) is 0 Å². The highest BCUT2D eigenvalue weighted by Gasteiger charge is 2.56. The van der Waals surface area contributed by atoms with E-state index >= 15 is 0 Å². The van der Waals surface area contributed by atoms with Crippen LogP contribution in [0.5, 0.6) is 0 Å². The fraction of sp³-hybridized carbons (Fsp3) is 0.370. The van der Waals surface area contributed by atoms with Crippen molar-refractivity contribution in [3.05, 3.63) is 59.7 Å². The Hall–Kier alpha value is -4.33. The normalized spacial score (nSPS) is 20.9. The second-order valence-corrected chi connectivity index (χ2v) is 10.8. The fourth-order valence-corrected chi connectivity index (χ4v) is 4.99. The maximum Gasteiger partial charge on any atom is 0.313 e. The molecule has 1 spiro atoms. The lowest BCUT2D eigenvalue weighted by Crippen LogP contribution is -2.53. The summed E-state index contributed by atoms with van der Waals surface area (Å²) in [4.78, 5) is 53.3. The Morgan fingerprint density at radius 1 is 1.18 bits per heavy atom. The number of hydrogen-bond acceptors (Lipinski definition) is 5. The molecule has 0 aliphatic carbocycles. The monoisotopic (exact) mass is 523 g/mol. The number of nitrogens with zero attached hydrogens (tertiary/aromatic N) is 2. The van der Waals surface area contributed by atoms with Gasteiger partial charge < -0.3 is 20.9 Å². The van der Waals surface area contributed by atoms with Crippen molar-refractivity contribution in [2.75, 3.05) is 17.2 Å². The summed E-state index contributed by atoms with van der Waals surface area (Å²) in [7, 11) is 0. The minimum Gasteiger partial charge on any atom is -0.336 e. The molecule has 0 radical (unpaired) electrons. The molecule has 2 aliphatic heterocycles. The third kappa shape index (κ3) is 5.07. The Kier molecular flexibility index (Phi) is 6.93. The van der Waals surface area contributed by atoms with Crippen molar-refractivity contribution in [2.24, 2.45) is 5.41 Å². The lowest BCUT2D eigenvalue weighted by molar-refractivity contribution is -0.141. The van der Waals surface area contributed by atoms with E-state index in [0.29, 0.717) is 17.3 Å². The van der Waals surface area contributed by atoms with E-state index < -0.39 is 58.0 Å². The predicted molar refractivity (Wildman–Crippen MR) is 133 cm³/mol. The molecule has 3 atom stereocenters. The van der Waals surface area contributed by atoms with Gasteiger partial charge >= 0.3 is 11.8 Å². The van der Waals surface area contributed by atoms with E-state index in [0.717, 1.165) is 12.1 Å². The largest absolute Gasteiger partial charge is 0.336 e. The SMILES string of the molecule is CC(C)(C)C[C@H](NC(=O)C(=O)Nc1ccc(F)cc1F)C(=O)N1C[C@]2(C[C@H]1C#N)C(=O)Nc1ccccc12. The number of nitrogens with one attached hydrogen (secondary N) is 3. The molecule has 2 aromatic carbocycles. The van der Waals surface area contributed by atoms with Crippen molar-refractivity contribution >= 4 is 35.0 Å². The van der Waals surface area contributed by atoms with Crippen LogP contribution in [-0.4, -0.2) is 47.2 Å². The van der Waals surface area contributed by atoms with Crippen LogP contribution in [0.1, 0.15) is 39.2 Å². The summed E-state index contributed by atoms with van der Waals surface area (Å²) in [6, 6.07) is 9.47. The lowest BCUT2D eigenvalue weighted by atomic mass is 9.80. The van der Waals surface area contributed by atoms with Gasteiger partial charge in [0.25, 0.3) is 0 Å². The van der Waals surface area contributed by atoms with Gasteiger partial charge in [-0.05, 0) is 35.6 Å². The number of hydrogen-bond donors (Lipinski definition) is 3. The summed E-state index contributed by atoms with van der Waals surface area (Å²) < 4.78 is 27.1. The number of rotatable bonds is 4. The quantitative estimate of drug-likeness (QED) is 0.531. The first-order valence-corrected chi connectivity index (χ1v) is 12.0. The second-order valence-electron chi connectivity index (χ2n) is 10.8. The van der Waals surface area contributed by atoms with E-state index in [9.17, 15) is 33.2 Å². The van der Waals surface area contributed by atoms with Gasteiger partial charge in [0.1, 0.15) is 23.7 Å². The van der Waals surface area contributed by atoms with Crippen molar-refractivity contribution in [1.82, 2.24) is 10.2 Å². The van der Waals surface area contributed by atoms with Gasteiger partial charge in [-0.15, -0.1) is 0 Å². The molecule has 4 rings (SSSR count). The Balaban J connectivity index is 1.57. The molecule has 2 aromatic rings. The summed E-state index contributed by atoms with van der Waals surface area (Å²) in [5.41, 5.74) is -0.683. The summed E-state index contributed by atoms with van der Waals surface area (Å²) >= 11 is 0. The van der Waals surface area contributed by atoms with Crippen molar-refractivity contribution in [3.8, 4) is 6.07 Å². The number of anilines is 2. The van der Waals surface area contributed by atoms with Crippen LogP contribution in [0, 0.1) is 28.4 Å². The van der Waals surface area contributed by atoms with Gasteiger partial charge in [0.15, 0.2) is 0 Å². The number of amides is 4. The summed E-state index contributed by atoms with van der Waals surface area (Å²) in [5.74, 6) is -5.30. The molecule has 4 amide bonds. The molecular weight excluding hydrogens is 496 g/mol. The van der Waals surface area contributed by atoms with E-state index in [1.165, 1.54) is 4.90 Å². The highest BCUT2D eigenvalue weighted by Crippen LogP contribution is 2.46. The number of carbonyl (C=O) groups excluding carboxylic acids is 4. The average Bonchev–Trinajstić information content (AvgIpc) is 3.37. The average molecular weight is 524 g/mol. The minimum atomic E-state index is -1.25. The predicted octanol–water partition coefficient (Wildman–Crippen LogP) is 2.84. The lowest BCUT2D eigenvalue weighted by Gasteiger charge is -2.31. The smallest absolute Gasteiger partial charge is 0.313 e. The highest BCUT2D eigenvalue weighted by molar-refractivity contribution is 6.40. The Morgan fingerprint density at radius 2 is 1.89 bits per heavy atom. The molecule has 2 heterocycles. The molecule has 0 aromatic heterocycles. The van der Waals surface area contributed by atoms with Crippen LogP contribution in [0.25, 0.3) is 0 Å². The van der Waals surface area contributed by atoms with E-state index in [1.54, 1.807) is 24.3 Å². The van der Waals surface area contributed by atoms with E-state index in [2.05, 4.69) is 22.0 Å². The maximum atomic E-state index is 13.9. The van der Waals surface area contributed by atoms with Crippen molar-refractivity contribution in [2.45, 2.75) is 51.1 Å². The summed E-state index contributed by atoms with van der Waals surface area (Å²) in [6.07, 6.45) is 0.193. The Labute approximate surface area is 218 Å². The van der Waals surface area contributed by atoms with Gasteiger partial charge in [-0.2, -0.15) is 5.26 Å². The molecule has 0 bridgehead atoms. The zero-order valence-corrected chi connectivity index (χ0v) is 21.1. The number of fused-ring (bicyclic) bond motifs is 2. The van der Waals surface area contributed by atoms with Gasteiger partial charge in [-0.25, -0.2) is 8.78 Å². The Morgan fingerprint density at radius 3 is 2.55 bits per heavy atom. The fourth-order valence-electron chi connectivity index (χ4n) is 4.99. The zero-order chi connectivity index (χ0) is 27.8.